The highest BCUT2D eigenvalue weighted by molar-refractivity contribution is 7.88. The lowest BCUT2D eigenvalue weighted by Crippen LogP contribution is -2.42. The molecule has 1 fully saturated rings. The van der Waals surface area contributed by atoms with Crippen molar-refractivity contribution in [2.24, 2.45) is 5.92 Å². The number of thiophene rings is 1. The van der Waals surface area contributed by atoms with Crippen molar-refractivity contribution in [1.29, 1.82) is 0 Å². The summed E-state index contributed by atoms with van der Waals surface area (Å²) in [5.41, 5.74) is 1.43. The first-order valence-electron chi connectivity index (χ1n) is 9.32. The van der Waals surface area contributed by atoms with Crippen molar-refractivity contribution in [3.63, 3.8) is 0 Å². The SMILES string of the molecule is Cc1nc(NC2CCN(S(C)(=O)=O)CC2)c2c3c(sc2n1)CC(C)CC3. The third-order valence-electron chi connectivity index (χ3n) is 5.53. The highest BCUT2D eigenvalue weighted by Gasteiger charge is 2.27. The molecule has 1 atom stereocenters. The minimum absolute atomic E-state index is 0.253. The van der Waals surface area contributed by atoms with E-state index in [0.29, 0.717) is 13.1 Å². The predicted octanol–water partition coefficient (Wildman–Crippen LogP) is 2.96. The van der Waals surface area contributed by atoms with Gasteiger partial charge in [-0.1, -0.05) is 6.92 Å². The van der Waals surface area contributed by atoms with Crippen molar-refractivity contribution in [1.82, 2.24) is 14.3 Å². The fourth-order valence-electron chi connectivity index (χ4n) is 4.08. The van der Waals surface area contributed by atoms with Gasteiger partial charge in [0.25, 0.3) is 0 Å². The van der Waals surface area contributed by atoms with E-state index in [-0.39, 0.29) is 6.04 Å². The summed E-state index contributed by atoms with van der Waals surface area (Å²) in [5.74, 6) is 2.47. The second-order valence-corrected chi connectivity index (χ2v) is 10.8. The first-order chi connectivity index (χ1) is 12.3. The number of nitrogens with one attached hydrogen (secondary N) is 1. The van der Waals surface area contributed by atoms with Gasteiger partial charge in [0.15, 0.2) is 0 Å². The zero-order chi connectivity index (χ0) is 18.5. The lowest BCUT2D eigenvalue weighted by molar-refractivity contribution is 0.331. The number of hydrogen-bond donors (Lipinski definition) is 1. The summed E-state index contributed by atoms with van der Waals surface area (Å²) in [7, 11) is -3.09. The van der Waals surface area contributed by atoms with Crippen LogP contribution >= 0.6 is 11.3 Å². The molecule has 1 aliphatic carbocycles. The van der Waals surface area contributed by atoms with E-state index >= 15 is 0 Å². The number of aryl methyl sites for hydroxylation is 2. The average Bonchev–Trinajstić information content (AvgIpc) is 2.91. The van der Waals surface area contributed by atoms with E-state index in [9.17, 15) is 8.42 Å². The Labute approximate surface area is 159 Å². The van der Waals surface area contributed by atoms with Gasteiger partial charge in [-0.3, -0.25) is 0 Å². The van der Waals surface area contributed by atoms with Crippen LogP contribution in [-0.2, 0) is 22.9 Å². The second kappa shape index (κ2) is 6.73. The molecule has 1 aliphatic heterocycles. The standard InChI is InChI=1S/C18H26N4O2S2/c1-11-4-5-14-15(10-11)25-18-16(14)17(19-12(2)20-18)21-13-6-8-22(9-7-13)26(3,23)24/h11,13H,4-10H2,1-3H3,(H,19,20,21). The molecule has 1 saturated heterocycles. The summed E-state index contributed by atoms with van der Waals surface area (Å²) in [5, 5.41) is 4.82. The van der Waals surface area contributed by atoms with Crippen LogP contribution < -0.4 is 5.32 Å². The maximum absolute atomic E-state index is 11.7. The van der Waals surface area contributed by atoms with Gasteiger partial charge in [-0.2, -0.15) is 0 Å². The molecule has 4 rings (SSSR count). The van der Waals surface area contributed by atoms with Crippen LogP contribution in [0.4, 0.5) is 5.82 Å². The molecular formula is C18H26N4O2S2. The lowest BCUT2D eigenvalue weighted by Gasteiger charge is -2.31. The van der Waals surface area contributed by atoms with E-state index in [4.69, 9.17) is 4.98 Å². The first-order valence-corrected chi connectivity index (χ1v) is 12.0. The molecule has 2 aliphatic rings. The third-order valence-corrected chi connectivity index (χ3v) is 7.98. The van der Waals surface area contributed by atoms with Gasteiger partial charge in [0.1, 0.15) is 16.5 Å². The fourth-order valence-corrected chi connectivity index (χ4v) is 6.38. The van der Waals surface area contributed by atoms with Gasteiger partial charge in [-0.05, 0) is 50.5 Å². The average molecular weight is 395 g/mol. The Morgan fingerprint density at radius 2 is 1.92 bits per heavy atom. The summed E-state index contributed by atoms with van der Waals surface area (Å²) >= 11 is 1.82. The molecule has 1 unspecified atom stereocenters. The van der Waals surface area contributed by atoms with Crippen LogP contribution in [0.15, 0.2) is 0 Å². The van der Waals surface area contributed by atoms with E-state index in [2.05, 4.69) is 17.2 Å². The van der Waals surface area contributed by atoms with Gasteiger partial charge >= 0.3 is 0 Å². The van der Waals surface area contributed by atoms with Crippen molar-refractivity contribution < 1.29 is 8.42 Å². The molecule has 2 aromatic heterocycles. The summed E-state index contributed by atoms with van der Waals surface area (Å²) in [6.07, 6.45) is 6.36. The monoisotopic (exact) mass is 394 g/mol. The summed E-state index contributed by atoms with van der Waals surface area (Å²) in [6.45, 7) is 5.41. The molecule has 0 saturated carbocycles. The largest absolute Gasteiger partial charge is 0.367 e. The number of sulfonamides is 1. The molecule has 0 amide bonds. The van der Waals surface area contributed by atoms with Crippen LogP contribution in [0.3, 0.4) is 0 Å². The van der Waals surface area contributed by atoms with Crippen molar-refractivity contribution in [2.45, 2.75) is 52.0 Å². The van der Waals surface area contributed by atoms with Crippen LogP contribution in [0.5, 0.6) is 0 Å². The number of hydrogen-bond acceptors (Lipinski definition) is 6. The zero-order valence-electron chi connectivity index (χ0n) is 15.6. The Hall–Kier alpha value is -1.25. The van der Waals surface area contributed by atoms with Crippen molar-refractivity contribution in [3.05, 3.63) is 16.3 Å². The van der Waals surface area contributed by atoms with Crippen LogP contribution in [0.25, 0.3) is 10.2 Å². The number of piperidine rings is 1. The van der Waals surface area contributed by atoms with Gasteiger partial charge in [0, 0.05) is 24.0 Å². The first kappa shape index (κ1) is 18.1. The van der Waals surface area contributed by atoms with E-state index in [0.717, 1.165) is 48.1 Å². The minimum atomic E-state index is -3.09. The van der Waals surface area contributed by atoms with Crippen molar-refractivity contribution in [2.75, 3.05) is 24.7 Å². The van der Waals surface area contributed by atoms with E-state index in [1.54, 1.807) is 4.31 Å². The Kier molecular flexibility index (Phi) is 4.69. The quantitative estimate of drug-likeness (QED) is 0.866. The normalized spacial score (nSPS) is 22.5. The van der Waals surface area contributed by atoms with E-state index in [1.165, 1.54) is 28.5 Å². The molecule has 0 spiro atoms. The maximum Gasteiger partial charge on any atom is 0.211 e. The Bertz CT molecular complexity index is 930. The Balaban J connectivity index is 1.61. The molecule has 0 aromatic carbocycles. The van der Waals surface area contributed by atoms with Crippen molar-refractivity contribution >= 4 is 37.4 Å². The van der Waals surface area contributed by atoms with Crippen molar-refractivity contribution in [3.8, 4) is 0 Å². The molecule has 0 radical (unpaired) electrons. The summed E-state index contributed by atoms with van der Waals surface area (Å²) < 4.78 is 25.0. The number of fused-ring (bicyclic) bond motifs is 3. The number of rotatable bonds is 3. The van der Waals surface area contributed by atoms with Gasteiger partial charge in [-0.25, -0.2) is 22.7 Å². The topological polar surface area (TPSA) is 75.2 Å². The molecule has 0 bridgehead atoms. The minimum Gasteiger partial charge on any atom is -0.367 e. The molecule has 142 valence electrons. The van der Waals surface area contributed by atoms with Gasteiger partial charge in [0.2, 0.25) is 10.0 Å². The maximum atomic E-state index is 11.7. The van der Waals surface area contributed by atoms with E-state index < -0.39 is 10.0 Å². The predicted molar refractivity (Wildman–Crippen MR) is 106 cm³/mol. The molecule has 8 heteroatoms. The second-order valence-electron chi connectivity index (χ2n) is 7.73. The van der Waals surface area contributed by atoms with Crippen LogP contribution in [0.1, 0.15) is 42.5 Å². The number of anilines is 1. The van der Waals surface area contributed by atoms with Gasteiger partial charge in [-0.15, -0.1) is 11.3 Å². The Morgan fingerprint density at radius 3 is 2.62 bits per heavy atom. The van der Waals surface area contributed by atoms with Gasteiger partial charge in [0.05, 0.1) is 11.6 Å². The summed E-state index contributed by atoms with van der Waals surface area (Å²) in [4.78, 5) is 12.0. The molecule has 26 heavy (non-hydrogen) atoms. The summed E-state index contributed by atoms with van der Waals surface area (Å²) in [6, 6.07) is 0.253. The number of nitrogens with zero attached hydrogens (tertiary/aromatic N) is 3. The molecule has 3 heterocycles. The Morgan fingerprint density at radius 1 is 1.19 bits per heavy atom. The molecule has 2 aromatic rings. The molecule has 6 nitrogen and oxygen atoms in total. The molecular weight excluding hydrogens is 368 g/mol. The highest BCUT2D eigenvalue weighted by atomic mass is 32.2. The smallest absolute Gasteiger partial charge is 0.211 e. The lowest BCUT2D eigenvalue weighted by atomic mass is 9.89. The van der Waals surface area contributed by atoms with Crippen LogP contribution in [0.2, 0.25) is 0 Å². The van der Waals surface area contributed by atoms with Crippen LogP contribution in [-0.4, -0.2) is 48.1 Å². The number of aromatic nitrogens is 2. The van der Waals surface area contributed by atoms with Gasteiger partial charge < -0.3 is 5.32 Å². The van der Waals surface area contributed by atoms with Crippen LogP contribution in [0, 0.1) is 12.8 Å². The third kappa shape index (κ3) is 3.46. The van der Waals surface area contributed by atoms with E-state index in [1.807, 2.05) is 18.3 Å². The highest BCUT2D eigenvalue weighted by Crippen LogP contribution is 2.40. The fraction of sp³-hybridized carbons (Fsp3) is 0.667. The zero-order valence-corrected chi connectivity index (χ0v) is 17.2. The molecule has 1 N–H and O–H groups in total.